The van der Waals surface area contributed by atoms with Crippen LogP contribution >= 0.6 is 0 Å². The zero-order valence-corrected chi connectivity index (χ0v) is 17.6. The summed E-state index contributed by atoms with van der Waals surface area (Å²) >= 11 is 0. The summed E-state index contributed by atoms with van der Waals surface area (Å²) in [6, 6.07) is 18.0. The molecule has 1 aromatic heterocycles. The Morgan fingerprint density at radius 2 is 1.67 bits per heavy atom. The minimum atomic E-state index is -0.445. The van der Waals surface area contributed by atoms with Crippen LogP contribution in [0.15, 0.2) is 66.7 Å². The van der Waals surface area contributed by atoms with Crippen LogP contribution in [0.3, 0.4) is 0 Å². The highest BCUT2D eigenvalue weighted by Gasteiger charge is 2.22. The zero-order chi connectivity index (χ0) is 22.9. The van der Waals surface area contributed by atoms with Crippen LogP contribution in [0.5, 0.6) is 0 Å². The average molecular weight is 445 g/mol. The average Bonchev–Trinajstić information content (AvgIpc) is 3.28. The van der Waals surface area contributed by atoms with Gasteiger partial charge < -0.3 is 14.8 Å². The Hall–Kier alpha value is -4.27. The normalized spacial score (nSPS) is 14.0. The first kappa shape index (κ1) is 20.6. The van der Waals surface area contributed by atoms with Crippen molar-refractivity contribution in [1.29, 1.82) is 0 Å². The fourth-order valence-electron chi connectivity index (χ4n) is 4.02. The van der Waals surface area contributed by atoms with Gasteiger partial charge in [-0.3, -0.25) is 14.9 Å². The number of imidazole rings is 1. The number of nitrogens with zero attached hydrogens (tertiary/aromatic N) is 4. The predicted molar refractivity (Wildman–Crippen MR) is 123 cm³/mol. The van der Waals surface area contributed by atoms with Gasteiger partial charge in [-0.1, -0.05) is 12.1 Å². The van der Waals surface area contributed by atoms with E-state index in [1.54, 1.807) is 30.3 Å². The number of benzene rings is 3. The fraction of sp³-hybridized carbons (Fsp3) is 0.167. The standard InChI is InChI=1S/C24H20FN5O3/c25-18-5-7-19(8-6-18)28-11-13-29(14-12-28)24(31)17-3-1-16(2-4-17)23-26-21-10-9-20(30(32)33)15-22(21)27-23/h1-10,15H,11-14H2,(H,26,27). The monoisotopic (exact) mass is 445 g/mol. The molecule has 0 saturated carbocycles. The van der Waals surface area contributed by atoms with Crippen molar-refractivity contribution in [2.24, 2.45) is 0 Å². The maximum atomic E-state index is 13.1. The Balaban J connectivity index is 1.27. The Bertz CT molecular complexity index is 1330. The topological polar surface area (TPSA) is 95.4 Å². The molecular formula is C24H20FN5O3. The van der Waals surface area contributed by atoms with E-state index in [4.69, 9.17) is 0 Å². The molecule has 1 aliphatic rings. The van der Waals surface area contributed by atoms with Crippen LogP contribution in [0.1, 0.15) is 10.4 Å². The summed E-state index contributed by atoms with van der Waals surface area (Å²) in [5.74, 6) is 0.276. The third kappa shape index (κ3) is 4.12. The molecule has 5 rings (SSSR count). The lowest BCUT2D eigenvalue weighted by Gasteiger charge is -2.36. The first-order valence-corrected chi connectivity index (χ1v) is 10.5. The van der Waals surface area contributed by atoms with Crippen LogP contribution in [0, 0.1) is 15.9 Å². The lowest BCUT2D eigenvalue weighted by atomic mass is 10.1. The molecule has 0 unspecified atom stereocenters. The highest BCUT2D eigenvalue weighted by molar-refractivity contribution is 5.95. The largest absolute Gasteiger partial charge is 0.368 e. The van der Waals surface area contributed by atoms with Gasteiger partial charge in [0.05, 0.1) is 16.0 Å². The highest BCUT2D eigenvalue weighted by Crippen LogP contribution is 2.25. The number of fused-ring (bicyclic) bond motifs is 1. The van der Waals surface area contributed by atoms with Crippen LogP contribution in [0.2, 0.25) is 0 Å². The molecule has 0 bridgehead atoms. The number of aromatic nitrogens is 2. The third-order valence-corrected chi connectivity index (χ3v) is 5.84. The number of amides is 1. The quantitative estimate of drug-likeness (QED) is 0.375. The van der Waals surface area contributed by atoms with Crippen molar-refractivity contribution in [1.82, 2.24) is 14.9 Å². The number of nitro benzene ring substituents is 1. The van der Waals surface area contributed by atoms with Crippen molar-refractivity contribution in [2.75, 3.05) is 31.1 Å². The van der Waals surface area contributed by atoms with Crippen LogP contribution in [-0.4, -0.2) is 51.9 Å². The molecule has 166 valence electrons. The SMILES string of the molecule is O=C(c1ccc(-c2nc3ccc([N+](=O)[O-])cc3[nH]2)cc1)N1CCN(c2ccc(F)cc2)CC1. The number of hydrogen-bond acceptors (Lipinski definition) is 5. The molecule has 0 aliphatic carbocycles. The lowest BCUT2D eigenvalue weighted by Crippen LogP contribution is -2.48. The van der Waals surface area contributed by atoms with E-state index in [-0.39, 0.29) is 17.4 Å². The number of rotatable bonds is 4. The molecule has 9 heteroatoms. The number of piperazine rings is 1. The van der Waals surface area contributed by atoms with Crippen LogP contribution in [-0.2, 0) is 0 Å². The van der Waals surface area contributed by atoms with Gasteiger partial charge in [-0.25, -0.2) is 9.37 Å². The summed E-state index contributed by atoms with van der Waals surface area (Å²) in [6.45, 7) is 2.53. The van der Waals surface area contributed by atoms with Crippen molar-refractivity contribution >= 4 is 28.3 Å². The minimum Gasteiger partial charge on any atom is -0.368 e. The molecule has 1 amide bonds. The Morgan fingerprint density at radius 1 is 0.970 bits per heavy atom. The molecule has 0 atom stereocenters. The van der Waals surface area contributed by atoms with Gasteiger partial charge in [-0.15, -0.1) is 0 Å². The van der Waals surface area contributed by atoms with E-state index in [9.17, 15) is 19.3 Å². The summed E-state index contributed by atoms with van der Waals surface area (Å²) in [5.41, 5.74) is 3.53. The summed E-state index contributed by atoms with van der Waals surface area (Å²) in [4.78, 5) is 35.0. The number of hydrogen-bond donors (Lipinski definition) is 1. The number of nitro groups is 1. The van der Waals surface area contributed by atoms with Gasteiger partial charge in [-0.2, -0.15) is 0 Å². The molecule has 2 heterocycles. The second-order valence-electron chi connectivity index (χ2n) is 7.88. The predicted octanol–water partition coefficient (Wildman–Crippen LogP) is 4.24. The van der Waals surface area contributed by atoms with Crippen molar-refractivity contribution < 1.29 is 14.1 Å². The Labute approximate surface area is 188 Å². The molecule has 1 fully saturated rings. The van der Waals surface area contributed by atoms with E-state index in [0.717, 1.165) is 11.3 Å². The first-order valence-electron chi connectivity index (χ1n) is 10.5. The molecule has 4 aromatic rings. The van der Waals surface area contributed by atoms with Gasteiger partial charge >= 0.3 is 0 Å². The molecule has 3 aromatic carbocycles. The van der Waals surface area contributed by atoms with Crippen molar-refractivity contribution in [3.05, 3.63) is 88.2 Å². The number of nitrogens with one attached hydrogen (secondary N) is 1. The number of H-pyrrole nitrogens is 1. The van der Waals surface area contributed by atoms with E-state index in [1.165, 1.54) is 24.3 Å². The number of non-ortho nitro benzene ring substituents is 1. The van der Waals surface area contributed by atoms with Gasteiger partial charge in [0.2, 0.25) is 0 Å². The van der Waals surface area contributed by atoms with E-state index >= 15 is 0 Å². The number of aromatic amines is 1. The Kier molecular flexibility index (Phi) is 5.21. The molecule has 0 radical (unpaired) electrons. The van der Waals surface area contributed by atoms with Crippen LogP contribution < -0.4 is 4.90 Å². The summed E-state index contributed by atoms with van der Waals surface area (Å²) in [7, 11) is 0. The van der Waals surface area contributed by atoms with E-state index in [2.05, 4.69) is 14.9 Å². The summed E-state index contributed by atoms with van der Waals surface area (Å²) in [6.07, 6.45) is 0. The number of halogens is 1. The lowest BCUT2D eigenvalue weighted by molar-refractivity contribution is -0.384. The van der Waals surface area contributed by atoms with Gasteiger partial charge in [0.1, 0.15) is 11.6 Å². The minimum absolute atomic E-state index is 0.00169. The molecule has 33 heavy (non-hydrogen) atoms. The maximum absolute atomic E-state index is 13.1. The molecule has 0 spiro atoms. The van der Waals surface area contributed by atoms with Crippen LogP contribution in [0.4, 0.5) is 15.8 Å². The number of carbonyl (C=O) groups excluding carboxylic acids is 1. The zero-order valence-electron chi connectivity index (χ0n) is 17.6. The molecule has 1 saturated heterocycles. The second-order valence-corrected chi connectivity index (χ2v) is 7.88. The molecule has 1 aliphatic heterocycles. The smallest absolute Gasteiger partial charge is 0.271 e. The van der Waals surface area contributed by atoms with Crippen molar-refractivity contribution in [3.8, 4) is 11.4 Å². The summed E-state index contributed by atoms with van der Waals surface area (Å²) in [5, 5.41) is 11.0. The van der Waals surface area contributed by atoms with Crippen molar-refractivity contribution in [3.63, 3.8) is 0 Å². The van der Waals surface area contributed by atoms with E-state index < -0.39 is 4.92 Å². The Morgan fingerprint density at radius 3 is 2.33 bits per heavy atom. The molecule has 8 nitrogen and oxygen atoms in total. The highest BCUT2D eigenvalue weighted by atomic mass is 19.1. The third-order valence-electron chi connectivity index (χ3n) is 5.84. The number of anilines is 1. The second kappa shape index (κ2) is 8.34. The van der Waals surface area contributed by atoms with E-state index in [1.807, 2.05) is 17.0 Å². The van der Waals surface area contributed by atoms with Gasteiger partial charge in [0, 0.05) is 55.1 Å². The molecular weight excluding hydrogens is 425 g/mol. The van der Waals surface area contributed by atoms with Crippen LogP contribution in [0.25, 0.3) is 22.4 Å². The first-order chi connectivity index (χ1) is 16.0. The van der Waals surface area contributed by atoms with Gasteiger partial charge in [0.25, 0.3) is 11.6 Å². The summed E-state index contributed by atoms with van der Waals surface area (Å²) < 4.78 is 13.1. The number of carbonyl (C=O) groups is 1. The fourth-order valence-corrected chi connectivity index (χ4v) is 4.02. The van der Waals surface area contributed by atoms with Crippen molar-refractivity contribution in [2.45, 2.75) is 0 Å². The van der Waals surface area contributed by atoms with E-state index in [0.29, 0.717) is 48.6 Å². The molecule has 1 N–H and O–H groups in total. The maximum Gasteiger partial charge on any atom is 0.271 e. The van der Waals surface area contributed by atoms with Gasteiger partial charge in [-0.05, 0) is 42.5 Å². The van der Waals surface area contributed by atoms with Gasteiger partial charge in [0.15, 0.2) is 0 Å².